The number of rotatable bonds is 3. The largest absolute Gasteiger partial charge is 0.487 e. The molecule has 3 aromatic rings. The maximum atomic E-state index is 13.0. The van der Waals surface area contributed by atoms with Gasteiger partial charge in [-0.25, -0.2) is 4.98 Å². The molecule has 0 radical (unpaired) electrons. The van der Waals surface area contributed by atoms with E-state index in [1.54, 1.807) is 11.1 Å². The minimum Gasteiger partial charge on any atom is -0.487 e. The Bertz CT molecular complexity index is 1060. The minimum absolute atomic E-state index is 0.0623. The van der Waals surface area contributed by atoms with Crippen molar-refractivity contribution in [3.05, 3.63) is 78.0 Å². The van der Waals surface area contributed by atoms with Crippen LogP contribution in [0.15, 0.2) is 66.9 Å². The van der Waals surface area contributed by atoms with Crippen LogP contribution in [0.2, 0.25) is 0 Å². The summed E-state index contributed by atoms with van der Waals surface area (Å²) in [5.41, 5.74) is 1.76. The van der Waals surface area contributed by atoms with Gasteiger partial charge in [-0.1, -0.05) is 36.4 Å². The molecule has 0 unspecified atom stereocenters. The van der Waals surface area contributed by atoms with Gasteiger partial charge in [-0.2, -0.15) is 0 Å². The number of aryl methyl sites for hydroxylation is 1. The quantitative estimate of drug-likeness (QED) is 0.621. The van der Waals surface area contributed by atoms with Crippen LogP contribution in [-0.2, 0) is 16.1 Å². The average Bonchev–Trinajstić information content (AvgIpc) is 2.83. The lowest BCUT2D eigenvalue weighted by Gasteiger charge is -2.23. The molecule has 0 saturated carbocycles. The van der Waals surface area contributed by atoms with Crippen LogP contribution >= 0.6 is 0 Å². The van der Waals surface area contributed by atoms with E-state index in [4.69, 9.17) is 18.9 Å². The summed E-state index contributed by atoms with van der Waals surface area (Å²) in [6.45, 7) is 3.79. The van der Waals surface area contributed by atoms with Crippen LogP contribution in [-0.4, -0.2) is 48.8 Å². The van der Waals surface area contributed by atoms with Crippen molar-refractivity contribution in [3.63, 3.8) is 0 Å². The third-order valence-corrected chi connectivity index (χ3v) is 5.06. The van der Waals surface area contributed by atoms with Crippen LogP contribution in [0.25, 0.3) is 0 Å². The van der Waals surface area contributed by atoms with E-state index in [9.17, 15) is 4.79 Å². The first-order chi connectivity index (χ1) is 15.7. The van der Waals surface area contributed by atoms with Gasteiger partial charge in [0.2, 0.25) is 5.88 Å². The monoisotopic (exact) mass is 434 g/mol. The molecule has 0 spiro atoms. The highest BCUT2D eigenvalue weighted by atomic mass is 16.5. The van der Waals surface area contributed by atoms with E-state index in [1.807, 2.05) is 67.6 Å². The molecule has 1 aliphatic rings. The van der Waals surface area contributed by atoms with Crippen molar-refractivity contribution in [3.8, 4) is 23.1 Å². The van der Waals surface area contributed by atoms with Crippen LogP contribution in [0.4, 0.5) is 0 Å². The second-order valence-corrected chi connectivity index (χ2v) is 7.35. The number of aromatic nitrogens is 1. The number of hydrogen-bond acceptors (Lipinski definition) is 6. The molecule has 0 N–H and O–H groups in total. The fraction of sp³-hybridized carbons (Fsp3) is 0.280. The lowest BCUT2D eigenvalue weighted by Crippen LogP contribution is -2.37. The zero-order chi connectivity index (χ0) is 22.2. The summed E-state index contributed by atoms with van der Waals surface area (Å²) in [7, 11) is 0. The summed E-state index contributed by atoms with van der Waals surface area (Å²) in [5, 5.41) is 0. The number of nitrogens with zero attached hydrogens (tertiary/aromatic N) is 2. The van der Waals surface area contributed by atoms with Crippen molar-refractivity contribution in [1.82, 2.24) is 9.88 Å². The van der Waals surface area contributed by atoms with E-state index in [1.165, 1.54) is 0 Å². The molecule has 2 aromatic carbocycles. The summed E-state index contributed by atoms with van der Waals surface area (Å²) in [6, 6.07) is 18.8. The number of fused-ring (bicyclic) bond motifs is 2. The molecule has 0 atom stereocenters. The van der Waals surface area contributed by atoms with Gasteiger partial charge in [0.15, 0.2) is 18.1 Å². The molecule has 2 heterocycles. The Kier molecular flexibility index (Phi) is 7.19. The molecule has 166 valence electrons. The number of carbonyl (C=O) groups is 1. The van der Waals surface area contributed by atoms with E-state index < -0.39 is 0 Å². The number of hydrogen-bond donors (Lipinski definition) is 0. The van der Waals surface area contributed by atoms with Gasteiger partial charge in [0, 0.05) is 18.3 Å². The Hall–Kier alpha value is -3.58. The van der Waals surface area contributed by atoms with Crippen molar-refractivity contribution < 1.29 is 23.7 Å². The van der Waals surface area contributed by atoms with Gasteiger partial charge in [0.25, 0.3) is 5.91 Å². The Morgan fingerprint density at radius 2 is 1.81 bits per heavy atom. The molecule has 0 saturated heterocycles. The first-order valence-corrected chi connectivity index (χ1v) is 10.6. The van der Waals surface area contributed by atoms with Crippen LogP contribution in [0.1, 0.15) is 11.1 Å². The molecule has 1 amide bonds. The Labute approximate surface area is 187 Å². The van der Waals surface area contributed by atoms with Gasteiger partial charge in [-0.05, 0) is 36.8 Å². The Morgan fingerprint density at radius 1 is 1.00 bits per heavy atom. The predicted octanol–water partition coefficient (Wildman–Crippen LogP) is 4.00. The number of pyridine rings is 1. The Balaban J connectivity index is 1.54. The zero-order valence-corrected chi connectivity index (χ0v) is 18.0. The van der Waals surface area contributed by atoms with Gasteiger partial charge in [-0.3, -0.25) is 4.79 Å². The topological polar surface area (TPSA) is 70.1 Å². The number of ether oxygens (including phenoxy) is 4. The summed E-state index contributed by atoms with van der Waals surface area (Å²) < 4.78 is 23.4. The van der Waals surface area contributed by atoms with Crippen LogP contribution < -0.4 is 14.2 Å². The fourth-order valence-corrected chi connectivity index (χ4v) is 3.33. The Morgan fingerprint density at radius 3 is 2.69 bits per heavy atom. The van der Waals surface area contributed by atoms with Crippen molar-refractivity contribution in [2.45, 2.75) is 13.5 Å². The smallest absolute Gasteiger partial charge is 0.260 e. The lowest BCUT2D eigenvalue weighted by molar-refractivity contribution is -0.134. The molecule has 4 rings (SSSR count). The molecule has 0 bridgehead atoms. The van der Waals surface area contributed by atoms with E-state index in [0.717, 1.165) is 11.1 Å². The molecule has 1 aliphatic heterocycles. The van der Waals surface area contributed by atoms with E-state index in [2.05, 4.69) is 4.98 Å². The third kappa shape index (κ3) is 5.56. The van der Waals surface area contributed by atoms with E-state index >= 15 is 0 Å². The van der Waals surface area contributed by atoms with Crippen molar-refractivity contribution in [1.29, 1.82) is 0 Å². The summed E-state index contributed by atoms with van der Waals surface area (Å²) >= 11 is 0. The normalized spacial score (nSPS) is 14.3. The number of benzene rings is 2. The summed E-state index contributed by atoms with van der Waals surface area (Å²) in [4.78, 5) is 19.1. The molecule has 0 aliphatic carbocycles. The molecule has 7 nitrogen and oxygen atoms in total. The summed E-state index contributed by atoms with van der Waals surface area (Å²) in [6.07, 6.45) is 1.66. The van der Waals surface area contributed by atoms with Crippen LogP contribution in [0.5, 0.6) is 23.1 Å². The van der Waals surface area contributed by atoms with Gasteiger partial charge >= 0.3 is 0 Å². The van der Waals surface area contributed by atoms with Crippen molar-refractivity contribution >= 4 is 5.91 Å². The second kappa shape index (κ2) is 10.6. The van der Waals surface area contributed by atoms with E-state index in [0.29, 0.717) is 56.0 Å². The maximum absolute atomic E-state index is 13.0. The van der Waals surface area contributed by atoms with E-state index in [-0.39, 0.29) is 12.5 Å². The number of carbonyl (C=O) groups excluding carboxylic acids is 1. The van der Waals surface area contributed by atoms with Crippen LogP contribution in [0.3, 0.4) is 0 Å². The molecule has 1 aromatic heterocycles. The molecular weight excluding hydrogens is 408 g/mol. The second-order valence-electron chi connectivity index (χ2n) is 7.35. The maximum Gasteiger partial charge on any atom is 0.260 e. The fourth-order valence-electron chi connectivity index (χ4n) is 3.33. The first-order valence-electron chi connectivity index (χ1n) is 10.6. The molecular formula is C25H26N2O5. The predicted molar refractivity (Wildman–Crippen MR) is 119 cm³/mol. The minimum atomic E-state index is -0.141. The zero-order valence-electron chi connectivity index (χ0n) is 18.0. The van der Waals surface area contributed by atoms with Gasteiger partial charge in [-0.15, -0.1) is 0 Å². The number of amides is 1. The lowest BCUT2D eigenvalue weighted by atomic mass is 10.2. The van der Waals surface area contributed by atoms with Crippen LogP contribution in [0, 0.1) is 6.92 Å². The van der Waals surface area contributed by atoms with Crippen molar-refractivity contribution in [2.24, 2.45) is 0 Å². The van der Waals surface area contributed by atoms with Gasteiger partial charge in [0.05, 0.1) is 19.8 Å². The standard InChI is InChI=1S/C25H26N2O5/c1-19-7-2-3-9-21(19)31-18-24(28)27-13-14-29-15-16-30-22-10-4-5-11-23(22)32-25-20(17-27)8-6-12-26-25/h2-12H,13-18H2,1H3. The van der Waals surface area contributed by atoms with Gasteiger partial charge < -0.3 is 23.8 Å². The highest BCUT2D eigenvalue weighted by molar-refractivity contribution is 5.78. The molecule has 0 fully saturated rings. The SMILES string of the molecule is Cc1ccccc1OCC(=O)N1CCOCCOc2ccccc2Oc2ncccc2C1. The highest BCUT2D eigenvalue weighted by Crippen LogP contribution is 2.32. The first kappa shape index (κ1) is 21.6. The summed E-state index contributed by atoms with van der Waals surface area (Å²) in [5.74, 6) is 2.17. The van der Waals surface area contributed by atoms with Crippen molar-refractivity contribution in [2.75, 3.05) is 33.0 Å². The van der Waals surface area contributed by atoms with Gasteiger partial charge in [0.1, 0.15) is 12.4 Å². The molecule has 7 heteroatoms. The molecule has 32 heavy (non-hydrogen) atoms. The highest BCUT2D eigenvalue weighted by Gasteiger charge is 2.19. The third-order valence-electron chi connectivity index (χ3n) is 5.06. The average molecular weight is 434 g/mol. The number of para-hydroxylation sites is 3.